The van der Waals surface area contributed by atoms with Crippen molar-refractivity contribution in [2.75, 3.05) is 0 Å². The van der Waals surface area contributed by atoms with Crippen LogP contribution in [0.4, 0.5) is 0 Å². The zero-order valence-electron chi connectivity index (χ0n) is 11.3. The third-order valence-electron chi connectivity index (χ3n) is 2.83. The summed E-state index contributed by atoms with van der Waals surface area (Å²) in [5, 5.41) is 16.6. The lowest BCUT2D eigenvalue weighted by atomic mass is 10.2. The van der Waals surface area contributed by atoms with E-state index >= 15 is 0 Å². The van der Waals surface area contributed by atoms with Gasteiger partial charge in [0.15, 0.2) is 5.82 Å². The first-order chi connectivity index (χ1) is 9.56. The first-order valence-electron chi connectivity index (χ1n) is 6.05. The fourth-order valence-corrected chi connectivity index (χ4v) is 1.60. The summed E-state index contributed by atoms with van der Waals surface area (Å²) in [5.41, 5.74) is 0.763. The van der Waals surface area contributed by atoms with Gasteiger partial charge >= 0.3 is 5.97 Å². The van der Waals surface area contributed by atoms with Crippen molar-refractivity contribution in [2.45, 2.75) is 13.5 Å². The Kier molecular flexibility index (Phi) is 4.14. The maximum atomic E-state index is 10.5. The van der Waals surface area contributed by atoms with Crippen molar-refractivity contribution in [3.8, 4) is 5.75 Å². The molecule has 104 valence electrons. The summed E-state index contributed by atoms with van der Waals surface area (Å²) >= 11 is 0. The monoisotopic (exact) mass is 273 g/mol. The molecule has 0 aliphatic rings. The van der Waals surface area contributed by atoms with Gasteiger partial charge in [-0.05, 0) is 30.7 Å². The smallest absolute Gasteiger partial charge is 0.328 e. The molecule has 0 amide bonds. The van der Waals surface area contributed by atoms with Gasteiger partial charge in [-0.15, -0.1) is 10.2 Å². The standard InChI is InChI=1S/C14H15N3O3/c1-10-15-16-13(17(10)2)9-20-12-5-3-4-11(8-12)6-7-14(18)19/h3-8H,9H2,1-2H3,(H,18,19)/b7-6+. The van der Waals surface area contributed by atoms with Crippen molar-refractivity contribution >= 4 is 12.0 Å². The number of aryl methyl sites for hydroxylation is 1. The third kappa shape index (κ3) is 3.44. The number of carboxylic acids is 1. The molecule has 0 aliphatic heterocycles. The van der Waals surface area contributed by atoms with Crippen molar-refractivity contribution < 1.29 is 14.6 Å². The molecular weight excluding hydrogens is 258 g/mol. The highest BCUT2D eigenvalue weighted by molar-refractivity contribution is 5.85. The highest BCUT2D eigenvalue weighted by atomic mass is 16.5. The van der Waals surface area contributed by atoms with Crippen LogP contribution in [0.3, 0.4) is 0 Å². The molecule has 0 spiro atoms. The van der Waals surface area contributed by atoms with Gasteiger partial charge in [-0.25, -0.2) is 4.79 Å². The number of hydrogen-bond donors (Lipinski definition) is 1. The molecule has 2 aromatic rings. The van der Waals surface area contributed by atoms with Gasteiger partial charge in [0.2, 0.25) is 0 Å². The molecule has 1 aromatic heterocycles. The summed E-state index contributed by atoms with van der Waals surface area (Å²) in [6.07, 6.45) is 2.60. The Labute approximate surface area is 116 Å². The predicted octanol–water partition coefficient (Wildman–Crippen LogP) is 1.80. The fourth-order valence-electron chi connectivity index (χ4n) is 1.60. The zero-order chi connectivity index (χ0) is 14.5. The van der Waals surface area contributed by atoms with Gasteiger partial charge in [0, 0.05) is 13.1 Å². The molecule has 0 aliphatic carbocycles. The molecule has 0 unspecified atom stereocenters. The van der Waals surface area contributed by atoms with E-state index in [0.29, 0.717) is 12.4 Å². The summed E-state index contributed by atoms with van der Waals surface area (Å²) in [6.45, 7) is 2.18. The topological polar surface area (TPSA) is 77.2 Å². The second kappa shape index (κ2) is 6.01. The molecule has 0 atom stereocenters. The molecule has 0 bridgehead atoms. The molecule has 20 heavy (non-hydrogen) atoms. The van der Waals surface area contributed by atoms with Crippen LogP contribution in [-0.4, -0.2) is 25.8 Å². The van der Waals surface area contributed by atoms with E-state index in [9.17, 15) is 4.79 Å². The lowest BCUT2D eigenvalue weighted by Crippen LogP contribution is -2.04. The van der Waals surface area contributed by atoms with E-state index < -0.39 is 5.97 Å². The van der Waals surface area contributed by atoms with Gasteiger partial charge in [0.05, 0.1) is 0 Å². The maximum Gasteiger partial charge on any atom is 0.328 e. The number of aliphatic carboxylic acids is 1. The zero-order valence-corrected chi connectivity index (χ0v) is 11.3. The second-order valence-corrected chi connectivity index (χ2v) is 4.26. The van der Waals surface area contributed by atoms with E-state index in [0.717, 1.165) is 23.3 Å². The van der Waals surface area contributed by atoms with Gasteiger partial charge < -0.3 is 14.4 Å². The Balaban J connectivity index is 2.05. The number of carboxylic acid groups (broad SMARTS) is 1. The Hall–Kier alpha value is -2.63. The van der Waals surface area contributed by atoms with E-state index in [2.05, 4.69) is 10.2 Å². The van der Waals surface area contributed by atoms with E-state index in [-0.39, 0.29) is 0 Å². The summed E-state index contributed by atoms with van der Waals surface area (Å²) in [6, 6.07) is 7.18. The minimum Gasteiger partial charge on any atom is -0.486 e. The van der Waals surface area contributed by atoms with E-state index in [1.54, 1.807) is 24.3 Å². The molecule has 6 nitrogen and oxygen atoms in total. The number of ether oxygens (including phenoxy) is 1. The SMILES string of the molecule is Cc1nnc(COc2cccc(/C=C/C(=O)O)c2)n1C. The molecule has 6 heteroatoms. The summed E-state index contributed by atoms with van der Waals surface area (Å²) in [5.74, 6) is 1.22. The fraction of sp³-hybridized carbons (Fsp3) is 0.214. The predicted molar refractivity (Wildman–Crippen MR) is 73.2 cm³/mol. The quantitative estimate of drug-likeness (QED) is 0.840. The molecule has 0 fully saturated rings. The number of nitrogens with zero attached hydrogens (tertiary/aromatic N) is 3. The normalized spacial score (nSPS) is 10.9. The van der Waals surface area contributed by atoms with Crippen LogP contribution in [0.25, 0.3) is 6.08 Å². The summed E-state index contributed by atoms with van der Waals surface area (Å²) < 4.78 is 7.48. The average molecular weight is 273 g/mol. The first kappa shape index (κ1) is 13.8. The lowest BCUT2D eigenvalue weighted by molar-refractivity contribution is -0.131. The van der Waals surface area contributed by atoms with Gasteiger partial charge in [-0.1, -0.05) is 12.1 Å². The Bertz CT molecular complexity index is 647. The first-order valence-corrected chi connectivity index (χ1v) is 6.05. The van der Waals surface area contributed by atoms with Crippen molar-refractivity contribution in [2.24, 2.45) is 7.05 Å². The van der Waals surface area contributed by atoms with E-state index in [1.165, 1.54) is 6.08 Å². The summed E-state index contributed by atoms with van der Waals surface area (Å²) in [4.78, 5) is 10.5. The molecule has 0 radical (unpaired) electrons. The van der Waals surface area contributed by atoms with Crippen LogP contribution < -0.4 is 4.74 Å². The van der Waals surface area contributed by atoms with Gasteiger partial charge in [0.25, 0.3) is 0 Å². The number of benzene rings is 1. The number of hydrogen-bond acceptors (Lipinski definition) is 4. The van der Waals surface area contributed by atoms with E-state index in [4.69, 9.17) is 9.84 Å². The van der Waals surface area contributed by atoms with Crippen molar-refractivity contribution in [1.82, 2.24) is 14.8 Å². The molecule has 0 saturated heterocycles. The molecule has 1 heterocycles. The second-order valence-electron chi connectivity index (χ2n) is 4.26. The maximum absolute atomic E-state index is 10.5. The van der Waals surface area contributed by atoms with Gasteiger partial charge in [-0.3, -0.25) is 0 Å². The van der Waals surface area contributed by atoms with Crippen LogP contribution in [0.2, 0.25) is 0 Å². The van der Waals surface area contributed by atoms with Crippen LogP contribution in [0.1, 0.15) is 17.2 Å². The van der Waals surface area contributed by atoms with Gasteiger partial charge in [-0.2, -0.15) is 0 Å². The van der Waals surface area contributed by atoms with Crippen molar-refractivity contribution in [3.63, 3.8) is 0 Å². The van der Waals surface area contributed by atoms with Gasteiger partial charge in [0.1, 0.15) is 18.2 Å². The minimum absolute atomic E-state index is 0.309. The van der Waals surface area contributed by atoms with Crippen LogP contribution in [0.15, 0.2) is 30.3 Å². The average Bonchev–Trinajstić information content (AvgIpc) is 2.75. The Morgan fingerprint density at radius 1 is 1.45 bits per heavy atom. The van der Waals surface area contributed by atoms with E-state index in [1.807, 2.05) is 18.5 Å². The molecule has 2 rings (SSSR count). The Morgan fingerprint density at radius 2 is 2.25 bits per heavy atom. The molecular formula is C14H15N3O3. The lowest BCUT2D eigenvalue weighted by Gasteiger charge is -2.06. The largest absolute Gasteiger partial charge is 0.486 e. The van der Waals surface area contributed by atoms with Crippen molar-refractivity contribution in [3.05, 3.63) is 47.6 Å². The number of carbonyl (C=O) groups is 1. The van der Waals surface area contributed by atoms with Crippen LogP contribution in [0, 0.1) is 6.92 Å². The van der Waals surface area contributed by atoms with Crippen LogP contribution >= 0.6 is 0 Å². The van der Waals surface area contributed by atoms with Crippen LogP contribution in [0.5, 0.6) is 5.75 Å². The number of rotatable bonds is 5. The summed E-state index contributed by atoms with van der Waals surface area (Å²) in [7, 11) is 1.88. The highest BCUT2D eigenvalue weighted by Gasteiger charge is 2.05. The molecule has 0 saturated carbocycles. The third-order valence-corrected chi connectivity index (χ3v) is 2.83. The highest BCUT2D eigenvalue weighted by Crippen LogP contribution is 2.15. The molecule has 1 N–H and O–H groups in total. The van der Waals surface area contributed by atoms with Crippen molar-refractivity contribution in [1.29, 1.82) is 0 Å². The minimum atomic E-state index is -0.981. The molecule has 1 aromatic carbocycles. The van der Waals surface area contributed by atoms with Crippen LogP contribution in [-0.2, 0) is 18.4 Å². The number of aromatic nitrogens is 3. The Morgan fingerprint density at radius 3 is 2.90 bits per heavy atom.